The van der Waals surface area contributed by atoms with Gasteiger partial charge in [-0.15, -0.1) is 0 Å². The Kier molecular flexibility index (Phi) is 8.68. The van der Waals surface area contributed by atoms with Crippen molar-refractivity contribution < 1.29 is 0 Å². The lowest BCUT2D eigenvalue weighted by atomic mass is 9.83. The fraction of sp³-hybridized carbons (Fsp3) is 0. The van der Waals surface area contributed by atoms with Crippen molar-refractivity contribution in [3.63, 3.8) is 0 Å². The van der Waals surface area contributed by atoms with E-state index in [0.29, 0.717) is 0 Å². The number of amidine groups is 1. The second-order valence-corrected chi connectivity index (χ2v) is 15.4. The maximum Gasteiger partial charge on any atom is 0.152 e. The van der Waals surface area contributed by atoms with Gasteiger partial charge in [0.2, 0.25) is 0 Å². The van der Waals surface area contributed by atoms with E-state index in [1.54, 1.807) is 0 Å². The lowest BCUT2D eigenvalue weighted by Gasteiger charge is -2.20. The number of hydrogen-bond donors (Lipinski definition) is 1. The Bertz CT molecular complexity index is 3490. The van der Waals surface area contributed by atoms with Crippen molar-refractivity contribution in [2.45, 2.75) is 0 Å². The van der Waals surface area contributed by atoms with Crippen LogP contribution in [0.15, 0.2) is 223 Å². The second-order valence-electron chi connectivity index (χ2n) is 15.4. The summed E-state index contributed by atoms with van der Waals surface area (Å²) >= 11 is 0. The summed E-state index contributed by atoms with van der Waals surface area (Å²) < 4.78 is 0. The molecule has 0 bridgehead atoms. The summed E-state index contributed by atoms with van der Waals surface area (Å²) in [5.41, 5.74) is 8.24. The van der Waals surface area contributed by atoms with Gasteiger partial charge in [-0.2, -0.15) is 0 Å². The third kappa shape index (κ3) is 5.97. The first-order chi connectivity index (χ1) is 29.7. The number of nitrogens with one attached hydrogen (secondary N) is 1. The van der Waals surface area contributed by atoms with Gasteiger partial charge in [-0.05, 0) is 105 Å². The van der Waals surface area contributed by atoms with Gasteiger partial charge >= 0.3 is 0 Å². The lowest BCUT2D eigenvalue weighted by Crippen LogP contribution is -2.05. The molecule has 11 rings (SSSR count). The van der Waals surface area contributed by atoms with E-state index in [4.69, 9.17) is 4.99 Å². The molecule has 0 amide bonds. The van der Waals surface area contributed by atoms with E-state index in [9.17, 15) is 5.41 Å². The number of fused-ring (bicyclic) bond motifs is 7. The minimum atomic E-state index is 0.211. The molecule has 0 aliphatic carbocycles. The van der Waals surface area contributed by atoms with Gasteiger partial charge in [-0.1, -0.05) is 212 Å². The summed E-state index contributed by atoms with van der Waals surface area (Å²) in [5, 5.41) is 23.7. The normalized spacial score (nSPS) is 12.1. The number of nitrogens with zero attached hydrogens (tertiary/aromatic N) is 1. The molecular weight excluding hydrogens is 725 g/mol. The van der Waals surface area contributed by atoms with E-state index >= 15 is 0 Å². The molecule has 0 saturated carbocycles. The molecule has 0 heterocycles. The van der Waals surface area contributed by atoms with E-state index in [2.05, 4.69) is 194 Å². The van der Waals surface area contributed by atoms with Gasteiger partial charge in [0.25, 0.3) is 0 Å². The first kappa shape index (κ1) is 35.2. The van der Waals surface area contributed by atoms with Crippen LogP contribution in [0.1, 0.15) is 16.7 Å². The SMILES string of the molecule is N=C(N=C(/C=C/c1c2ccccc2c(-c2c3ccccc3cc3c2ccc2ccccc23)c2ccccc12)c1ccccc1-c1cccc2ccccc12)c1ccccc1. The minimum absolute atomic E-state index is 0.211. The number of allylic oxidation sites excluding steroid dienone is 1. The van der Waals surface area contributed by atoms with Crippen molar-refractivity contribution in [3.8, 4) is 22.3 Å². The number of benzene rings is 11. The van der Waals surface area contributed by atoms with Crippen molar-refractivity contribution >= 4 is 82.3 Å². The van der Waals surface area contributed by atoms with Gasteiger partial charge in [-0.25, -0.2) is 4.99 Å². The molecule has 0 spiro atoms. The van der Waals surface area contributed by atoms with Gasteiger partial charge in [0.1, 0.15) is 0 Å². The molecule has 0 atom stereocenters. The highest BCUT2D eigenvalue weighted by Gasteiger charge is 2.20. The van der Waals surface area contributed by atoms with Gasteiger partial charge in [0.05, 0.1) is 5.71 Å². The standard InChI is InChI=1S/C58H38N2/c59-58(40-19-2-1-3-20-40)60-55(50-29-13-10-26-46(50)45-32-16-22-38-17-4-7-23-42(38)45)36-35-49-47-27-11-14-30-51(47)57(52-31-15-12-28-48(49)52)56-44-25-9-6-21-41(44)37-54-43-24-8-5-18-39(43)33-34-53(54)56/h1-37,59H/b36-35+,59-58?,60-55?. The van der Waals surface area contributed by atoms with Crippen LogP contribution >= 0.6 is 0 Å². The summed E-state index contributed by atoms with van der Waals surface area (Å²) in [6.07, 6.45) is 4.34. The quantitative estimate of drug-likeness (QED) is 0.0758. The Balaban J connectivity index is 1.17. The monoisotopic (exact) mass is 762 g/mol. The highest BCUT2D eigenvalue weighted by molar-refractivity contribution is 6.28. The number of aliphatic imine (C=N–C) groups is 1. The van der Waals surface area contributed by atoms with Crippen LogP contribution in [0.3, 0.4) is 0 Å². The van der Waals surface area contributed by atoms with Crippen LogP contribution in [0.5, 0.6) is 0 Å². The Labute approximate surface area is 348 Å². The van der Waals surface area contributed by atoms with Gasteiger partial charge < -0.3 is 0 Å². The zero-order valence-corrected chi connectivity index (χ0v) is 32.8. The number of hydrogen-bond acceptors (Lipinski definition) is 1. The first-order valence-corrected chi connectivity index (χ1v) is 20.5. The number of rotatable bonds is 6. The van der Waals surface area contributed by atoms with Crippen LogP contribution in [0.2, 0.25) is 0 Å². The Morgan fingerprint density at radius 2 is 0.867 bits per heavy atom. The van der Waals surface area contributed by atoms with E-state index in [-0.39, 0.29) is 5.84 Å². The molecule has 0 aromatic heterocycles. The topological polar surface area (TPSA) is 36.2 Å². The second kappa shape index (κ2) is 14.8. The molecule has 0 fully saturated rings. The molecule has 1 N–H and O–H groups in total. The summed E-state index contributed by atoms with van der Waals surface area (Å²) in [5.74, 6) is 0.211. The average Bonchev–Trinajstić information content (AvgIpc) is 3.32. The largest absolute Gasteiger partial charge is 0.282 e. The Morgan fingerprint density at radius 1 is 0.367 bits per heavy atom. The fourth-order valence-electron chi connectivity index (χ4n) is 9.23. The summed E-state index contributed by atoms with van der Waals surface area (Å²) in [4.78, 5) is 5.13. The maximum absolute atomic E-state index is 9.25. The summed E-state index contributed by atoms with van der Waals surface area (Å²) in [6, 6.07) is 75.3. The van der Waals surface area contributed by atoms with E-state index in [1.165, 1.54) is 65.0 Å². The van der Waals surface area contributed by atoms with Crippen molar-refractivity contribution in [1.29, 1.82) is 5.41 Å². The van der Waals surface area contributed by atoms with Crippen molar-refractivity contribution in [2.24, 2.45) is 4.99 Å². The van der Waals surface area contributed by atoms with Crippen LogP contribution < -0.4 is 0 Å². The van der Waals surface area contributed by atoms with E-state index < -0.39 is 0 Å². The molecule has 2 heteroatoms. The van der Waals surface area contributed by atoms with Crippen molar-refractivity contribution in [3.05, 3.63) is 235 Å². The van der Waals surface area contributed by atoms with Crippen LogP contribution in [-0.2, 0) is 0 Å². The van der Waals surface area contributed by atoms with Gasteiger partial charge in [0, 0.05) is 11.1 Å². The van der Waals surface area contributed by atoms with Crippen LogP contribution in [-0.4, -0.2) is 11.5 Å². The molecule has 0 saturated heterocycles. The van der Waals surface area contributed by atoms with E-state index in [0.717, 1.165) is 44.3 Å². The summed E-state index contributed by atoms with van der Waals surface area (Å²) in [6.45, 7) is 0. The highest BCUT2D eigenvalue weighted by atomic mass is 14.8. The molecule has 0 unspecified atom stereocenters. The third-order valence-electron chi connectivity index (χ3n) is 12.0. The predicted molar refractivity (Wildman–Crippen MR) is 258 cm³/mol. The molecule has 0 aliphatic rings. The fourth-order valence-corrected chi connectivity index (χ4v) is 9.23. The van der Waals surface area contributed by atoms with Gasteiger partial charge in [-0.3, -0.25) is 5.41 Å². The maximum atomic E-state index is 9.25. The molecule has 11 aromatic rings. The summed E-state index contributed by atoms with van der Waals surface area (Å²) in [7, 11) is 0. The molecule has 0 radical (unpaired) electrons. The van der Waals surface area contributed by atoms with Gasteiger partial charge in [0.15, 0.2) is 5.84 Å². The third-order valence-corrected chi connectivity index (χ3v) is 12.0. The Hall–Kier alpha value is -7.94. The zero-order valence-electron chi connectivity index (χ0n) is 32.8. The van der Waals surface area contributed by atoms with Crippen LogP contribution in [0, 0.1) is 5.41 Å². The Morgan fingerprint density at radius 3 is 1.60 bits per heavy atom. The molecule has 11 aromatic carbocycles. The minimum Gasteiger partial charge on any atom is -0.282 e. The lowest BCUT2D eigenvalue weighted by molar-refractivity contribution is 1.41. The van der Waals surface area contributed by atoms with Crippen LogP contribution in [0.4, 0.5) is 0 Å². The molecular formula is C58H38N2. The molecule has 60 heavy (non-hydrogen) atoms. The predicted octanol–water partition coefficient (Wildman–Crippen LogP) is 15.5. The smallest absolute Gasteiger partial charge is 0.152 e. The van der Waals surface area contributed by atoms with Crippen molar-refractivity contribution in [1.82, 2.24) is 0 Å². The van der Waals surface area contributed by atoms with Crippen molar-refractivity contribution in [2.75, 3.05) is 0 Å². The highest BCUT2D eigenvalue weighted by Crippen LogP contribution is 2.46. The average molecular weight is 763 g/mol. The molecule has 0 aliphatic heterocycles. The molecule has 2 nitrogen and oxygen atoms in total. The van der Waals surface area contributed by atoms with E-state index in [1.807, 2.05) is 30.3 Å². The van der Waals surface area contributed by atoms with Crippen LogP contribution in [0.25, 0.3) is 93.0 Å². The first-order valence-electron chi connectivity index (χ1n) is 20.5. The zero-order chi connectivity index (χ0) is 40.0. The molecule has 280 valence electrons.